The molecule has 5 rings (SSSR count). The van der Waals surface area contributed by atoms with Crippen molar-refractivity contribution < 1.29 is 14.1 Å². The smallest absolute Gasteiger partial charge is 0.346 e. The van der Waals surface area contributed by atoms with Crippen molar-refractivity contribution in [1.82, 2.24) is 24.9 Å². The summed E-state index contributed by atoms with van der Waals surface area (Å²) in [6.07, 6.45) is 2.99. The van der Waals surface area contributed by atoms with Crippen molar-refractivity contribution in [2.24, 2.45) is 0 Å². The van der Waals surface area contributed by atoms with Gasteiger partial charge in [-0.3, -0.25) is 0 Å². The molecule has 0 amide bonds. The van der Waals surface area contributed by atoms with E-state index in [1.54, 1.807) is 54.2 Å². The average Bonchev–Trinajstić information content (AvgIpc) is 3.45. The second kappa shape index (κ2) is 9.12. The Labute approximate surface area is 203 Å². The van der Waals surface area contributed by atoms with E-state index < -0.39 is 5.97 Å². The van der Waals surface area contributed by atoms with Gasteiger partial charge in [-0.2, -0.15) is 5.10 Å². The zero-order valence-electron chi connectivity index (χ0n) is 17.7. The van der Waals surface area contributed by atoms with E-state index in [0.29, 0.717) is 38.2 Å². The molecule has 0 atom stereocenters. The summed E-state index contributed by atoms with van der Waals surface area (Å²) in [5.41, 5.74) is 2.38. The van der Waals surface area contributed by atoms with Gasteiger partial charge >= 0.3 is 5.97 Å². The van der Waals surface area contributed by atoms with Crippen molar-refractivity contribution in [2.45, 2.75) is 6.92 Å². The molecule has 0 bridgehead atoms. The van der Waals surface area contributed by atoms with Crippen molar-refractivity contribution in [3.8, 4) is 16.9 Å². The van der Waals surface area contributed by atoms with Gasteiger partial charge in [-0.25, -0.2) is 19.4 Å². The molecular formula is C23H16Cl2N6O3. The third kappa shape index (κ3) is 4.07. The van der Waals surface area contributed by atoms with Gasteiger partial charge in [0.15, 0.2) is 11.2 Å². The molecular weight excluding hydrogens is 479 g/mol. The molecule has 170 valence electrons. The van der Waals surface area contributed by atoms with Crippen LogP contribution in [0.15, 0.2) is 65.6 Å². The molecule has 0 saturated carbocycles. The fourth-order valence-electron chi connectivity index (χ4n) is 3.42. The molecule has 5 aromatic rings. The zero-order valence-corrected chi connectivity index (χ0v) is 19.2. The zero-order chi connectivity index (χ0) is 23.7. The van der Waals surface area contributed by atoms with E-state index in [0.717, 1.165) is 5.69 Å². The molecule has 0 aliphatic heterocycles. The third-order valence-electron chi connectivity index (χ3n) is 4.94. The van der Waals surface area contributed by atoms with E-state index in [2.05, 4.69) is 25.5 Å². The summed E-state index contributed by atoms with van der Waals surface area (Å²) < 4.78 is 12.4. The first-order chi connectivity index (χ1) is 16.5. The minimum atomic E-state index is -0.587. The van der Waals surface area contributed by atoms with Crippen LogP contribution in [0.5, 0.6) is 0 Å². The number of anilines is 2. The van der Waals surface area contributed by atoms with Crippen LogP contribution in [-0.4, -0.2) is 37.5 Å². The first kappa shape index (κ1) is 21.9. The largest absolute Gasteiger partial charge is 0.462 e. The van der Waals surface area contributed by atoms with E-state index in [-0.39, 0.29) is 18.1 Å². The maximum Gasteiger partial charge on any atom is 0.346 e. The molecule has 0 aliphatic rings. The van der Waals surface area contributed by atoms with Crippen molar-refractivity contribution in [3.63, 3.8) is 0 Å². The number of esters is 1. The van der Waals surface area contributed by atoms with Gasteiger partial charge in [0, 0.05) is 15.6 Å². The second-order valence-electron chi connectivity index (χ2n) is 7.08. The van der Waals surface area contributed by atoms with E-state index in [4.69, 9.17) is 32.5 Å². The average molecular weight is 495 g/mol. The molecule has 1 N–H and O–H groups in total. The third-order valence-corrected chi connectivity index (χ3v) is 5.43. The number of nitrogens with one attached hydrogen (secondary N) is 1. The molecule has 0 spiro atoms. The Morgan fingerprint density at radius 2 is 1.94 bits per heavy atom. The topological polar surface area (TPSA) is 108 Å². The Morgan fingerprint density at radius 1 is 1.12 bits per heavy atom. The normalized spacial score (nSPS) is 11.0. The molecule has 0 aliphatic carbocycles. The summed E-state index contributed by atoms with van der Waals surface area (Å²) in [5.74, 6) is -0.127. The highest BCUT2D eigenvalue weighted by atomic mass is 35.5. The molecule has 0 radical (unpaired) electrons. The van der Waals surface area contributed by atoms with Gasteiger partial charge in [0.05, 0.1) is 23.9 Å². The quantitative estimate of drug-likeness (QED) is 0.299. The number of hydrogen-bond donors (Lipinski definition) is 1. The van der Waals surface area contributed by atoms with Gasteiger partial charge in [0.25, 0.3) is 0 Å². The number of ether oxygens (including phenoxy) is 1. The van der Waals surface area contributed by atoms with Crippen molar-refractivity contribution in [1.29, 1.82) is 0 Å². The fourth-order valence-corrected chi connectivity index (χ4v) is 3.73. The van der Waals surface area contributed by atoms with Crippen molar-refractivity contribution in [3.05, 3.63) is 76.7 Å². The second-order valence-corrected chi connectivity index (χ2v) is 7.96. The summed E-state index contributed by atoms with van der Waals surface area (Å²) in [4.78, 5) is 21.5. The summed E-state index contributed by atoms with van der Waals surface area (Å²) in [6.45, 7) is 1.91. The van der Waals surface area contributed by atoms with Gasteiger partial charge in [0.1, 0.15) is 17.8 Å². The highest BCUT2D eigenvalue weighted by Gasteiger charge is 2.26. The Hall–Kier alpha value is -3.95. The van der Waals surface area contributed by atoms with Crippen LogP contribution in [0.1, 0.15) is 17.3 Å². The highest BCUT2D eigenvalue weighted by Crippen LogP contribution is 2.33. The van der Waals surface area contributed by atoms with Crippen LogP contribution in [0.25, 0.3) is 28.0 Å². The summed E-state index contributed by atoms with van der Waals surface area (Å²) in [7, 11) is 0. The van der Waals surface area contributed by atoms with Crippen LogP contribution in [0.3, 0.4) is 0 Å². The highest BCUT2D eigenvalue weighted by molar-refractivity contribution is 6.31. The van der Waals surface area contributed by atoms with E-state index in [9.17, 15) is 4.79 Å². The summed E-state index contributed by atoms with van der Waals surface area (Å²) in [5, 5.41) is 13.3. The lowest BCUT2D eigenvalue weighted by atomic mass is 10.1. The van der Waals surface area contributed by atoms with Gasteiger partial charge in [-0.15, -0.1) is 0 Å². The number of aromatic nitrogens is 5. The number of nitrogens with zero attached hydrogens (tertiary/aromatic N) is 5. The number of carbonyl (C=O) groups is 1. The molecule has 2 aromatic carbocycles. The van der Waals surface area contributed by atoms with Gasteiger partial charge in [0.2, 0.25) is 5.88 Å². The predicted molar refractivity (Wildman–Crippen MR) is 128 cm³/mol. The number of benzene rings is 2. The van der Waals surface area contributed by atoms with Crippen LogP contribution in [0.4, 0.5) is 11.7 Å². The number of carbonyl (C=O) groups excluding carboxylic acids is 1. The number of fused-ring (bicyclic) bond motifs is 1. The standard InChI is InChI=1S/C23H16Cl2N6O3/c1-2-33-23(32)18-19(13-6-8-14(24)9-7-13)30-34-22(18)29-20-17-11-28-31(21(17)27-12-26-20)16-5-3-4-15(25)10-16/h3-12H,2H2,1H3,(H,26,27,29). The van der Waals surface area contributed by atoms with Crippen LogP contribution in [0, 0.1) is 0 Å². The van der Waals surface area contributed by atoms with Crippen LogP contribution >= 0.6 is 23.2 Å². The van der Waals surface area contributed by atoms with Gasteiger partial charge < -0.3 is 14.6 Å². The molecule has 3 heterocycles. The van der Waals surface area contributed by atoms with Gasteiger partial charge in [-0.1, -0.05) is 46.6 Å². The predicted octanol–water partition coefficient (Wildman–Crippen LogP) is 5.70. The molecule has 11 heteroatoms. The molecule has 0 fully saturated rings. The van der Waals surface area contributed by atoms with E-state index in [1.165, 1.54) is 6.33 Å². The summed E-state index contributed by atoms with van der Waals surface area (Å²) in [6, 6.07) is 14.1. The maximum absolute atomic E-state index is 12.8. The van der Waals surface area contributed by atoms with Gasteiger partial charge in [-0.05, 0) is 37.3 Å². The van der Waals surface area contributed by atoms with Crippen LogP contribution in [-0.2, 0) is 4.74 Å². The molecule has 9 nitrogen and oxygen atoms in total. The van der Waals surface area contributed by atoms with Crippen molar-refractivity contribution in [2.75, 3.05) is 11.9 Å². The number of rotatable bonds is 6. The lowest BCUT2D eigenvalue weighted by Crippen LogP contribution is -2.08. The Bertz CT molecular complexity index is 1500. The Kier molecular flexibility index (Phi) is 5.87. The number of hydrogen-bond acceptors (Lipinski definition) is 8. The lowest BCUT2D eigenvalue weighted by molar-refractivity contribution is 0.0528. The maximum atomic E-state index is 12.8. The van der Waals surface area contributed by atoms with Crippen molar-refractivity contribution >= 4 is 51.9 Å². The SMILES string of the molecule is CCOC(=O)c1c(-c2ccc(Cl)cc2)noc1Nc1ncnc2c1cnn2-c1cccc(Cl)c1. The fraction of sp³-hybridized carbons (Fsp3) is 0.0870. The van der Waals surface area contributed by atoms with Crippen LogP contribution < -0.4 is 5.32 Å². The number of halogens is 2. The summed E-state index contributed by atoms with van der Waals surface area (Å²) >= 11 is 12.1. The molecule has 3 aromatic heterocycles. The van der Waals surface area contributed by atoms with E-state index >= 15 is 0 Å². The molecule has 0 saturated heterocycles. The van der Waals surface area contributed by atoms with E-state index in [1.807, 2.05) is 12.1 Å². The Balaban J connectivity index is 1.57. The minimum Gasteiger partial charge on any atom is -0.462 e. The Morgan fingerprint density at radius 3 is 2.71 bits per heavy atom. The first-order valence-corrected chi connectivity index (χ1v) is 10.9. The lowest BCUT2D eigenvalue weighted by Gasteiger charge is -2.07. The minimum absolute atomic E-state index is 0.0823. The first-order valence-electron chi connectivity index (χ1n) is 10.2. The molecule has 34 heavy (non-hydrogen) atoms. The monoisotopic (exact) mass is 494 g/mol. The van der Waals surface area contributed by atoms with Crippen LogP contribution in [0.2, 0.25) is 10.0 Å². The molecule has 0 unspecified atom stereocenters.